The average molecular weight is 377 g/mol. The number of fused-ring (bicyclic) bond motifs is 1. The molecule has 2 aliphatic rings. The molecule has 0 bridgehead atoms. The van der Waals surface area contributed by atoms with Crippen LogP contribution in [-0.2, 0) is 24.2 Å². The molecule has 28 heavy (non-hydrogen) atoms. The Hall–Kier alpha value is -2.62. The first-order chi connectivity index (χ1) is 13.6. The molecule has 2 aromatic rings. The van der Waals surface area contributed by atoms with Crippen molar-refractivity contribution in [2.75, 3.05) is 6.54 Å². The predicted molar refractivity (Wildman–Crippen MR) is 110 cm³/mol. The Morgan fingerprint density at radius 1 is 1.00 bits per heavy atom. The zero-order valence-electron chi connectivity index (χ0n) is 16.5. The smallest absolute Gasteiger partial charge is 0.251 e. The van der Waals surface area contributed by atoms with E-state index in [1.54, 1.807) is 0 Å². The van der Waals surface area contributed by atoms with Crippen molar-refractivity contribution in [1.29, 1.82) is 0 Å². The zero-order chi connectivity index (χ0) is 19.5. The normalized spacial score (nSPS) is 17.3. The van der Waals surface area contributed by atoms with Crippen LogP contribution < -0.4 is 5.32 Å². The highest BCUT2D eigenvalue weighted by atomic mass is 16.2. The molecule has 1 atom stereocenters. The summed E-state index contributed by atoms with van der Waals surface area (Å²) in [5.74, 6) is 0.162. The standard InChI is InChI=1S/C24H28N2O2/c1-17(21-13-12-19-5-2-3-6-22(19)15-21)25-24(28)20-10-8-18(9-11-20)16-26-14-4-7-23(26)27/h8-13,15,17H,2-7,14,16H2,1H3,(H,25,28)/t17-/m0/s1. The molecule has 1 fully saturated rings. The molecule has 0 unspecified atom stereocenters. The zero-order valence-corrected chi connectivity index (χ0v) is 16.5. The minimum Gasteiger partial charge on any atom is -0.346 e. The van der Waals surface area contributed by atoms with Gasteiger partial charge in [0.15, 0.2) is 0 Å². The van der Waals surface area contributed by atoms with E-state index in [-0.39, 0.29) is 17.9 Å². The van der Waals surface area contributed by atoms with Gasteiger partial charge in [-0.1, -0.05) is 30.3 Å². The summed E-state index contributed by atoms with van der Waals surface area (Å²) in [5, 5.41) is 3.12. The minimum atomic E-state index is -0.0611. The summed E-state index contributed by atoms with van der Waals surface area (Å²) in [6.07, 6.45) is 6.45. The number of amides is 2. The van der Waals surface area contributed by atoms with E-state index >= 15 is 0 Å². The van der Waals surface area contributed by atoms with Crippen molar-refractivity contribution in [3.63, 3.8) is 0 Å². The number of carbonyl (C=O) groups is 2. The lowest BCUT2D eigenvalue weighted by Crippen LogP contribution is -2.27. The van der Waals surface area contributed by atoms with Gasteiger partial charge < -0.3 is 10.2 Å². The number of benzene rings is 2. The summed E-state index contributed by atoms with van der Waals surface area (Å²) in [7, 11) is 0. The molecule has 1 heterocycles. The molecule has 146 valence electrons. The number of nitrogens with zero attached hydrogens (tertiary/aromatic N) is 1. The van der Waals surface area contributed by atoms with Crippen LogP contribution in [0, 0.1) is 0 Å². The highest BCUT2D eigenvalue weighted by molar-refractivity contribution is 5.94. The van der Waals surface area contributed by atoms with Gasteiger partial charge in [0.1, 0.15) is 0 Å². The molecule has 1 aliphatic heterocycles. The van der Waals surface area contributed by atoms with Crippen LogP contribution in [0.5, 0.6) is 0 Å². The molecule has 0 radical (unpaired) electrons. The van der Waals surface area contributed by atoms with Crippen LogP contribution in [0.1, 0.15) is 71.3 Å². The number of nitrogens with one attached hydrogen (secondary N) is 1. The largest absolute Gasteiger partial charge is 0.346 e. The Bertz CT molecular complexity index is 873. The third-order valence-electron chi connectivity index (χ3n) is 5.98. The lowest BCUT2D eigenvalue weighted by molar-refractivity contribution is -0.128. The predicted octanol–water partition coefficient (Wildman–Crippen LogP) is 4.18. The van der Waals surface area contributed by atoms with Gasteiger partial charge in [0.25, 0.3) is 5.91 Å². The number of hydrogen-bond acceptors (Lipinski definition) is 2. The molecule has 1 aliphatic carbocycles. The molecule has 2 aromatic carbocycles. The van der Waals surface area contributed by atoms with E-state index in [0.717, 1.165) is 30.5 Å². The van der Waals surface area contributed by atoms with E-state index in [9.17, 15) is 9.59 Å². The summed E-state index contributed by atoms with van der Waals surface area (Å²) in [6, 6.07) is 14.2. The van der Waals surface area contributed by atoms with Gasteiger partial charge in [-0.2, -0.15) is 0 Å². The first-order valence-electron chi connectivity index (χ1n) is 10.4. The first kappa shape index (κ1) is 18.7. The van der Waals surface area contributed by atoms with Crippen molar-refractivity contribution in [3.8, 4) is 0 Å². The molecule has 1 saturated heterocycles. The van der Waals surface area contributed by atoms with Gasteiger partial charge in [0.05, 0.1) is 6.04 Å². The third kappa shape index (κ3) is 4.11. The molecule has 0 spiro atoms. The van der Waals surface area contributed by atoms with Crippen molar-refractivity contribution in [1.82, 2.24) is 10.2 Å². The lowest BCUT2D eigenvalue weighted by atomic mass is 9.89. The maximum atomic E-state index is 12.6. The Kier molecular flexibility index (Phi) is 5.47. The van der Waals surface area contributed by atoms with E-state index in [0.29, 0.717) is 18.5 Å². The van der Waals surface area contributed by atoms with Crippen molar-refractivity contribution in [3.05, 3.63) is 70.3 Å². The summed E-state index contributed by atoms with van der Waals surface area (Å²) < 4.78 is 0. The fraction of sp³-hybridized carbons (Fsp3) is 0.417. The van der Waals surface area contributed by atoms with Gasteiger partial charge in [-0.15, -0.1) is 0 Å². The van der Waals surface area contributed by atoms with E-state index in [2.05, 4.69) is 23.5 Å². The van der Waals surface area contributed by atoms with E-state index in [1.165, 1.54) is 30.4 Å². The van der Waals surface area contributed by atoms with Crippen molar-refractivity contribution in [2.45, 2.75) is 58.0 Å². The van der Waals surface area contributed by atoms with Crippen molar-refractivity contribution < 1.29 is 9.59 Å². The molecular weight excluding hydrogens is 348 g/mol. The number of aryl methyl sites for hydroxylation is 2. The van der Waals surface area contributed by atoms with Gasteiger partial charge in [0, 0.05) is 25.1 Å². The van der Waals surface area contributed by atoms with Crippen molar-refractivity contribution >= 4 is 11.8 Å². The van der Waals surface area contributed by atoms with Crippen LogP contribution >= 0.6 is 0 Å². The maximum Gasteiger partial charge on any atom is 0.251 e. The van der Waals surface area contributed by atoms with E-state index in [1.807, 2.05) is 36.1 Å². The van der Waals surface area contributed by atoms with Crippen LogP contribution in [0.2, 0.25) is 0 Å². The van der Waals surface area contributed by atoms with Crippen LogP contribution in [-0.4, -0.2) is 23.3 Å². The molecule has 4 heteroatoms. The highest BCUT2D eigenvalue weighted by Gasteiger charge is 2.20. The van der Waals surface area contributed by atoms with Crippen LogP contribution in [0.25, 0.3) is 0 Å². The number of hydrogen-bond donors (Lipinski definition) is 1. The summed E-state index contributed by atoms with van der Waals surface area (Å²) in [4.78, 5) is 26.3. The first-order valence-corrected chi connectivity index (χ1v) is 10.4. The topological polar surface area (TPSA) is 49.4 Å². The van der Waals surface area contributed by atoms with Gasteiger partial charge in [-0.05, 0) is 73.4 Å². The fourth-order valence-corrected chi connectivity index (χ4v) is 4.24. The highest BCUT2D eigenvalue weighted by Crippen LogP contribution is 2.25. The van der Waals surface area contributed by atoms with Gasteiger partial charge >= 0.3 is 0 Å². The lowest BCUT2D eigenvalue weighted by Gasteiger charge is -2.20. The number of rotatable bonds is 5. The van der Waals surface area contributed by atoms with E-state index in [4.69, 9.17) is 0 Å². The molecule has 4 nitrogen and oxygen atoms in total. The Balaban J connectivity index is 1.38. The molecule has 1 N–H and O–H groups in total. The van der Waals surface area contributed by atoms with Gasteiger partial charge in [-0.3, -0.25) is 9.59 Å². The van der Waals surface area contributed by atoms with Gasteiger partial charge in [0.2, 0.25) is 5.91 Å². The number of carbonyl (C=O) groups excluding carboxylic acids is 2. The van der Waals surface area contributed by atoms with Gasteiger partial charge in [-0.25, -0.2) is 0 Å². The van der Waals surface area contributed by atoms with E-state index < -0.39 is 0 Å². The molecule has 2 amide bonds. The van der Waals surface area contributed by atoms with Crippen LogP contribution in [0.4, 0.5) is 0 Å². The van der Waals surface area contributed by atoms with Crippen LogP contribution in [0.3, 0.4) is 0 Å². The SMILES string of the molecule is C[C@H](NC(=O)c1ccc(CN2CCCC2=O)cc1)c1ccc2c(c1)CCCC2. The maximum absolute atomic E-state index is 12.6. The monoisotopic (exact) mass is 376 g/mol. The fourth-order valence-electron chi connectivity index (χ4n) is 4.24. The second-order valence-electron chi connectivity index (χ2n) is 8.05. The third-order valence-corrected chi connectivity index (χ3v) is 5.98. The molecule has 0 aromatic heterocycles. The van der Waals surface area contributed by atoms with Crippen molar-refractivity contribution in [2.24, 2.45) is 0 Å². The summed E-state index contributed by atoms with van der Waals surface area (Å²) >= 11 is 0. The second kappa shape index (κ2) is 8.17. The Labute approximate surface area is 166 Å². The second-order valence-corrected chi connectivity index (χ2v) is 8.05. The minimum absolute atomic E-state index is 0.0263. The molecular formula is C24H28N2O2. The number of likely N-dealkylation sites (tertiary alicyclic amines) is 1. The molecule has 0 saturated carbocycles. The summed E-state index contributed by atoms with van der Waals surface area (Å²) in [6.45, 7) is 3.50. The quantitative estimate of drug-likeness (QED) is 0.851. The molecule has 4 rings (SSSR count). The Morgan fingerprint density at radius 2 is 1.75 bits per heavy atom. The summed E-state index contributed by atoms with van der Waals surface area (Å²) in [5.41, 5.74) is 5.78. The Morgan fingerprint density at radius 3 is 2.46 bits per heavy atom. The van der Waals surface area contributed by atoms with Crippen LogP contribution in [0.15, 0.2) is 42.5 Å². The average Bonchev–Trinajstić information content (AvgIpc) is 3.12.